The van der Waals surface area contributed by atoms with Crippen LogP contribution in [0.2, 0.25) is 0 Å². The number of anilines is 1. The Morgan fingerprint density at radius 2 is 1.95 bits per heavy atom. The predicted octanol–water partition coefficient (Wildman–Crippen LogP) is 4.73. The Balaban J connectivity index is 2.23. The van der Waals surface area contributed by atoms with E-state index in [-0.39, 0.29) is 5.91 Å². The summed E-state index contributed by atoms with van der Waals surface area (Å²) in [5, 5.41) is 2.92. The molecular weight excluding hydrogens is 322 g/mol. The number of carbonyl (C=O) groups is 1. The lowest BCUT2D eigenvalue weighted by molar-refractivity contribution is 0.102. The molecule has 0 spiro atoms. The van der Waals surface area contributed by atoms with E-state index in [0.29, 0.717) is 5.56 Å². The number of amides is 1. The van der Waals surface area contributed by atoms with Crippen LogP contribution in [0.15, 0.2) is 51.8 Å². The zero-order valence-corrected chi connectivity index (χ0v) is 13.1. The van der Waals surface area contributed by atoms with Crippen molar-refractivity contribution in [2.75, 3.05) is 11.6 Å². The van der Waals surface area contributed by atoms with Crippen LogP contribution in [0.3, 0.4) is 0 Å². The highest BCUT2D eigenvalue weighted by Crippen LogP contribution is 2.23. The summed E-state index contributed by atoms with van der Waals surface area (Å²) in [5.74, 6) is -0.0827. The van der Waals surface area contributed by atoms with Gasteiger partial charge < -0.3 is 5.32 Å². The van der Waals surface area contributed by atoms with Gasteiger partial charge in [0.2, 0.25) is 0 Å². The van der Waals surface area contributed by atoms with E-state index in [4.69, 9.17) is 0 Å². The molecule has 1 amide bonds. The van der Waals surface area contributed by atoms with Gasteiger partial charge in [0.25, 0.3) is 5.91 Å². The molecule has 2 rings (SSSR count). The van der Waals surface area contributed by atoms with Crippen LogP contribution in [0.1, 0.15) is 15.9 Å². The van der Waals surface area contributed by atoms with E-state index in [0.717, 1.165) is 20.6 Å². The molecule has 2 aromatic rings. The molecule has 4 heteroatoms. The molecule has 0 unspecified atom stereocenters. The molecule has 0 fully saturated rings. The number of hydrogen-bond acceptors (Lipinski definition) is 2. The summed E-state index contributed by atoms with van der Waals surface area (Å²) in [6, 6.07) is 13.4. The highest BCUT2D eigenvalue weighted by molar-refractivity contribution is 9.10. The Labute approximate surface area is 125 Å². The van der Waals surface area contributed by atoms with E-state index in [9.17, 15) is 4.79 Å². The van der Waals surface area contributed by atoms with Crippen LogP contribution in [-0.4, -0.2) is 12.2 Å². The summed E-state index contributed by atoms with van der Waals surface area (Å²) in [4.78, 5) is 13.2. The van der Waals surface area contributed by atoms with Gasteiger partial charge in [-0.3, -0.25) is 4.79 Å². The third-order valence-electron chi connectivity index (χ3n) is 2.78. The van der Waals surface area contributed by atoms with Crippen molar-refractivity contribution >= 4 is 39.3 Å². The average Bonchev–Trinajstić information content (AvgIpc) is 2.43. The number of thioether (sulfide) groups is 1. The van der Waals surface area contributed by atoms with Crippen LogP contribution < -0.4 is 5.32 Å². The van der Waals surface area contributed by atoms with Gasteiger partial charge in [0, 0.05) is 15.1 Å². The van der Waals surface area contributed by atoms with E-state index in [1.165, 1.54) is 0 Å². The summed E-state index contributed by atoms with van der Waals surface area (Å²) in [5.41, 5.74) is 2.63. The van der Waals surface area contributed by atoms with Crippen molar-refractivity contribution in [3.05, 3.63) is 58.1 Å². The maximum absolute atomic E-state index is 12.3. The summed E-state index contributed by atoms with van der Waals surface area (Å²) < 4.78 is 0.989. The zero-order chi connectivity index (χ0) is 13.8. The van der Waals surface area contributed by atoms with Crippen LogP contribution in [0.25, 0.3) is 0 Å². The lowest BCUT2D eigenvalue weighted by atomic mass is 10.2. The first-order chi connectivity index (χ1) is 9.11. The number of benzene rings is 2. The Morgan fingerprint density at radius 3 is 2.63 bits per heavy atom. The van der Waals surface area contributed by atoms with Gasteiger partial charge in [0.1, 0.15) is 0 Å². The fourth-order valence-corrected chi connectivity index (χ4v) is 2.68. The molecule has 2 nitrogen and oxygen atoms in total. The highest BCUT2D eigenvalue weighted by Gasteiger charge is 2.10. The molecule has 0 radical (unpaired) electrons. The van der Waals surface area contributed by atoms with Crippen LogP contribution >= 0.6 is 27.7 Å². The van der Waals surface area contributed by atoms with Gasteiger partial charge >= 0.3 is 0 Å². The quantitative estimate of drug-likeness (QED) is 0.821. The van der Waals surface area contributed by atoms with E-state index in [1.54, 1.807) is 11.8 Å². The standard InChI is InChI=1S/C15H14BrNOS/c1-10-7-8-11(9-13(10)16)17-15(18)12-5-3-4-6-14(12)19-2/h3-9H,1-2H3,(H,17,18). The second kappa shape index (κ2) is 6.26. The maximum atomic E-state index is 12.3. The van der Waals surface area contributed by atoms with Gasteiger partial charge in [0.05, 0.1) is 5.56 Å². The van der Waals surface area contributed by atoms with Crippen molar-refractivity contribution < 1.29 is 4.79 Å². The fraction of sp³-hybridized carbons (Fsp3) is 0.133. The van der Waals surface area contributed by atoms with Crippen molar-refractivity contribution in [2.24, 2.45) is 0 Å². The van der Waals surface area contributed by atoms with Gasteiger partial charge in [-0.2, -0.15) is 0 Å². The SMILES string of the molecule is CSc1ccccc1C(=O)Nc1ccc(C)c(Br)c1. The summed E-state index contributed by atoms with van der Waals surface area (Å²) in [6.07, 6.45) is 1.97. The molecule has 0 saturated heterocycles. The van der Waals surface area contributed by atoms with E-state index in [1.807, 2.05) is 55.6 Å². The summed E-state index contributed by atoms with van der Waals surface area (Å²) >= 11 is 5.03. The Bertz CT molecular complexity index is 613. The predicted molar refractivity (Wildman–Crippen MR) is 85.1 cm³/mol. The third-order valence-corrected chi connectivity index (χ3v) is 4.43. The fourth-order valence-electron chi connectivity index (χ4n) is 1.70. The molecule has 19 heavy (non-hydrogen) atoms. The monoisotopic (exact) mass is 335 g/mol. The minimum Gasteiger partial charge on any atom is -0.322 e. The van der Waals surface area contributed by atoms with Gasteiger partial charge in [-0.1, -0.05) is 34.1 Å². The first kappa shape index (κ1) is 14.2. The normalized spacial score (nSPS) is 10.3. The molecule has 0 aliphatic carbocycles. The number of aryl methyl sites for hydroxylation is 1. The number of nitrogens with one attached hydrogen (secondary N) is 1. The van der Waals surface area contributed by atoms with Crippen molar-refractivity contribution in [1.29, 1.82) is 0 Å². The molecule has 0 heterocycles. The zero-order valence-electron chi connectivity index (χ0n) is 10.7. The molecule has 0 atom stereocenters. The van der Waals surface area contributed by atoms with E-state index < -0.39 is 0 Å². The van der Waals surface area contributed by atoms with Gasteiger partial charge in [-0.05, 0) is 43.0 Å². The Morgan fingerprint density at radius 1 is 1.21 bits per heavy atom. The highest BCUT2D eigenvalue weighted by atomic mass is 79.9. The smallest absolute Gasteiger partial charge is 0.256 e. The molecule has 98 valence electrons. The van der Waals surface area contributed by atoms with Crippen LogP contribution in [0.5, 0.6) is 0 Å². The van der Waals surface area contributed by atoms with Crippen LogP contribution in [0, 0.1) is 6.92 Å². The van der Waals surface area contributed by atoms with Crippen molar-refractivity contribution in [3.63, 3.8) is 0 Å². The van der Waals surface area contributed by atoms with Crippen LogP contribution in [-0.2, 0) is 0 Å². The third kappa shape index (κ3) is 3.39. The first-order valence-corrected chi connectivity index (χ1v) is 7.84. The minimum absolute atomic E-state index is 0.0827. The topological polar surface area (TPSA) is 29.1 Å². The molecule has 1 N–H and O–H groups in total. The minimum atomic E-state index is -0.0827. The van der Waals surface area contributed by atoms with Gasteiger partial charge in [0.15, 0.2) is 0 Å². The molecule has 0 aromatic heterocycles. The number of carbonyl (C=O) groups excluding carboxylic acids is 1. The van der Waals surface area contributed by atoms with E-state index >= 15 is 0 Å². The molecule has 0 saturated carbocycles. The van der Waals surface area contributed by atoms with E-state index in [2.05, 4.69) is 21.2 Å². The molecule has 0 aliphatic heterocycles. The molecule has 0 aliphatic rings. The van der Waals surface area contributed by atoms with Crippen molar-refractivity contribution in [2.45, 2.75) is 11.8 Å². The number of rotatable bonds is 3. The second-order valence-corrected chi connectivity index (χ2v) is 5.82. The van der Waals surface area contributed by atoms with Crippen molar-refractivity contribution in [1.82, 2.24) is 0 Å². The van der Waals surface area contributed by atoms with Crippen molar-refractivity contribution in [3.8, 4) is 0 Å². The lowest BCUT2D eigenvalue weighted by Crippen LogP contribution is -2.12. The van der Waals surface area contributed by atoms with Gasteiger partial charge in [-0.15, -0.1) is 11.8 Å². The largest absolute Gasteiger partial charge is 0.322 e. The molecule has 0 bridgehead atoms. The summed E-state index contributed by atoms with van der Waals surface area (Å²) in [7, 11) is 0. The average molecular weight is 336 g/mol. The maximum Gasteiger partial charge on any atom is 0.256 e. The van der Waals surface area contributed by atoms with Gasteiger partial charge in [-0.25, -0.2) is 0 Å². The molecule has 2 aromatic carbocycles. The Kier molecular flexibility index (Phi) is 4.66. The Hall–Kier alpha value is -1.26. The number of hydrogen-bond donors (Lipinski definition) is 1. The first-order valence-electron chi connectivity index (χ1n) is 5.82. The number of halogens is 1. The van der Waals surface area contributed by atoms with Crippen LogP contribution in [0.4, 0.5) is 5.69 Å². The molecular formula is C15H14BrNOS. The lowest BCUT2D eigenvalue weighted by Gasteiger charge is -2.09. The summed E-state index contributed by atoms with van der Waals surface area (Å²) in [6.45, 7) is 2.01. The second-order valence-electron chi connectivity index (χ2n) is 4.12.